The molecule has 2 amide bonds. The summed E-state index contributed by atoms with van der Waals surface area (Å²) < 4.78 is 39.7. The molecule has 0 saturated carbocycles. The fourth-order valence-electron chi connectivity index (χ4n) is 1.45. The van der Waals surface area contributed by atoms with Gasteiger partial charge in [-0.3, -0.25) is 0 Å². The summed E-state index contributed by atoms with van der Waals surface area (Å²) in [6.07, 6.45) is -4.63. The first-order valence-electron chi connectivity index (χ1n) is 6.24. The van der Waals surface area contributed by atoms with E-state index in [0.29, 0.717) is 0 Å². The molecule has 22 heavy (non-hydrogen) atoms. The lowest BCUT2D eigenvalue weighted by atomic mass is 10.00. The number of carboxylic acids is 1. The third-order valence-corrected chi connectivity index (χ3v) is 2.91. The average Bonchev–Trinajstić information content (AvgIpc) is 2.39. The second-order valence-corrected chi connectivity index (χ2v) is 4.64. The van der Waals surface area contributed by atoms with Gasteiger partial charge in [-0.15, -0.1) is 13.2 Å². The second-order valence-electron chi connectivity index (χ2n) is 4.64. The summed E-state index contributed by atoms with van der Waals surface area (Å²) in [6, 6.07) is 3.67. The van der Waals surface area contributed by atoms with E-state index in [-0.39, 0.29) is 12.1 Å². The number of hydrogen-bond acceptors (Lipinski definition) is 3. The Morgan fingerprint density at radius 2 is 1.77 bits per heavy atom. The van der Waals surface area contributed by atoms with Crippen molar-refractivity contribution in [3.05, 3.63) is 24.3 Å². The number of aliphatic carboxylic acids is 1. The summed E-state index contributed by atoms with van der Waals surface area (Å²) in [5.74, 6) is -1.62. The lowest BCUT2D eigenvalue weighted by Crippen LogP contribution is -2.53. The highest BCUT2D eigenvalue weighted by molar-refractivity contribution is 5.93. The standard InChI is InChI=1S/C13H15F3N2O4/c1-3-12(2,10(19)20)18-11(21)17-8-4-6-9(7-5-8)22-13(14,15)16/h4-7H,3H2,1-2H3,(H,19,20)(H2,17,18,21)/t12-/m1/s1. The third kappa shape index (κ3) is 5.15. The molecule has 1 aromatic carbocycles. The summed E-state index contributed by atoms with van der Waals surface area (Å²) >= 11 is 0. The number of ether oxygens (including phenoxy) is 1. The van der Waals surface area contributed by atoms with Crippen LogP contribution in [0.4, 0.5) is 23.7 Å². The van der Waals surface area contributed by atoms with Crippen molar-refractivity contribution in [3.63, 3.8) is 0 Å². The molecule has 0 spiro atoms. The number of hydrogen-bond donors (Lipinski definition) is 3. The average molecular weight is 320 g/mol. The number of carbonyl (C=O) groups excluding carboxylic acids is 1. The number of anilines is 1. The molecule has 1 atom stereocenters. The second kappa shape index (κ2) is 6.54. The van der Waals surface area contributed by atoms with E-state index in [1.165, 1.54) is 19.1 Å². The van der Waals surface area contributed by atoms with Crippen molar-refractivity contribution in [1.82, 2.24) is 5.32 Å². The largest absolute Gasteiger partial charge is 0.573 e. The molecule has 1 rings (SSSR count). The predicted octanol–water partition coefficient (Wildman–Crippen LogP) is 2.96. The maximum absolute atomic E-state index is 12.0. The van der Waals surface area contributed by atoms with Gasteiger partial charge in [0.15, 0.2) is 0 Å². The Bertz CT molecular complexity index is 545. The van der Waals surface area contributed by atoms with E-state index in [2.05, 4.69) is 15.4 Å². The van der Waals surface area contributed by atoms with Crippen molar-refractivity contribution < 1.29 is 32.6 Å². The molecule has 3 N–H and O–H groups in total. The van der Waals surface area contributed by atoms with E-state index in [9.17, 15) is 22.8 Å². The van der Waals surface area contributed by atoms with Gasteiger partial charge in [0.2, 0.25) is 0 Å². The number of carboxylic acid groups (broad SMARTS) is 1. The normalized spacial score (nSPS) is 13.9. The lowest BCUT2D eigenvalue weighted by molar-refractivity contribution is -0.274. The summed E-state index contributed by atoms with van der Waals surface area (Å²) in [5.41, 5.74) is -1.25. The van der Waals surface area contributed by atoms with Crippen LogP contribution in [0.5, 0.6) is 5.75 Å². The SMILES string of the molecule is CC[C@@](C)(NC(=O)Nc1ccc(OC(F)(F)F)cc1)C(=O)O. The van der Waals surface area contributed by atoms with Crippen molar-refractivity contribution in [2.24, 2.45) is 0 Å². The first-order chi connectivity index (χ1) is 10.1. The van der Waals surface area contributed by atoms with Crippen LogP contribution in [0.2, 0.25) is 0 Å². The maximum atomic E-state index is 12.0. The van der Waals surface area contributed by atoms with Crippen molar-refractivity contribution in [2.45, 2.75) is 32.2 Å². The minimum absolute atomic E-state index is 0.161. The van der Waals surface area contributed by atoms with Gasteiger partial charge in [0.1, 0.15) is 11.3 Å². The topological polar surface area (TPSA) is 87.7 Å². The Labute approximate surface area is 124 Å². The number of amides is 2. The van der Waals surface area contributed by atoms with Crippen molar-refractivity contribution in [1.29, 1.82) is 0 Å². The molecule has 6 nitrogen and oxygen atoms in total. The van der Waals surface area contributed by atoms with Gasteiger partial charge in [-0.05, 0) is 37.6 Å². The summed E-state index contributed by atoms with van der Waals surface area (Å²) in [7, 11) is 0. The van der Waals surface area contributed by atoms with Gasteiger partial charge in [-0.1, -0.05) is 6.92 Å². The highest BCUT2D eigenvalue weighted by Gasteiger charge is 2.33. The molecule has 0 bridgehead atoms. The molecule has 0 heterocycles. The van der Waals surface area contributed by atoms with Gasteiger partial charge < -0.3 is 20.5 Å². The molecular weight excluding hydrogens is 305 g/mol. The number of urea groups is 1. The number of rotatable bonds is 5. The number of benzene rings is 1. The van der Waals surface area contributed by atoms with Crippen molar-refractivity contribution in [3.8, 4) is 5.75 Å². The number of halogens is 3. The predicted molar refractivity (Wildman–Crippen MR) is 71.6 cm³/mol. The summed E-state index contributed by atoms with van der Waals surface area (Å²) in [4.78, 5) is 22.8. The number of nitrogens with one attached hydrogen (secondary N) is 2. The minimum Gasteiger partial charge on any atom is -0.480 e. The molecular formula is C13H15F3N2O4. The fourth-order valence-corrected chi connectivity index (χ4v) is 1.45. The molecule has 0 fully saturated rings. The van der Waals surface area contributed by atoms with Gasteiger partial charge in [0, 0.05) is 5.69 Å². The highest BCUT2D eigenvalue weighted by Crippen LogP contribution is 2.24. The molecule has 0 unspecified atom stereocenters. The Hall–Kier alpha value is -2.45. The zero-order chi connectivity index (χ0) is 17.0. The highest BCUT2D eigenvalue weighted by atomic mass is 19.4. The van der Waals surface area contributed by atoms with Crippen molar-refractivity contribution >= 4 is 17.7 Å². The van der Waals surface area contributed by atoms with E-state index >= 15 is 0 Å². The van der Waals surface area contributed by atoms with Crippen LogP contribution in [0.3, 0.4) is 0 Å². The first-order valence-corrected chi connectivity index (χ1v) is 6.24. The molecule has 122 valence electrons. The Balaban J connectivity index is 2.67. The van der Waals surface area contributed by atoms with E-state index in [0.717, 1.165) is 12.1 Å². The zero-order valence-corrected chi connectivity index (χ0v) is 11.8. The maximum Gasteiger partial charge on any atom is 0.573 e. The Kier molecular flexibility index (Phi) is 5.23. The van der Waals surface area contributed by atoms with E-state index < -0.39 is 29.7 Å². The fraction of sp³-hybridized carbons (Fsp3) is 0.385. The van der Waals surface area contributed by atoms with Crippen LogP contribution in [-0.2, 0) is 4.79 Å². The smallest absolute Gasteiger partial charge is 0.480 e. The summed E-state index contributed by atoms with van der Waals surface area (Å²) in [5, 5.41) is 13.6. The minimum atomic E-state index is -4.79. The molecule has 0 aliphatic rings. The molecule has 0 aromatic heterocycles. The van der Waals surface area contributed by atoms with Gasteiger partial charge in [0.05, 0.1) is 0 Å². The Morgan fingerprint density at radius 3 is 2.18 bits per heavy atom. The Morgan fingerprint density at radius 1 is 1.23 bits per heavy atom. The van der Waals surface area contributed by atoms with Gasteiger partial charge >= 0.3 is 18.4 Å². The number of carbonyl (C=O) groups is 2. The van der Waals surface area contributed by atoms with E-state index in [1.54, 1.807) is 6.92 Å². The van der Waals surface area contributed by atoms with Gasteiger partial charge in [-0.2, -0.15) is 0 Å². The molecule has 9 heteroatoms. The van der Waals surface area contributed by atoms with Crippen LogP contribution in [0.1, 0.15) is 20.3 Å². The zero-order valence-electron chi connectivity index (χ0n) is 11.8. The van der Waals surface area contributed by atoms with Crippen LogP contribution in [0.15, 0.2) is 24.3 Å². The van der Waals surface area contributed by atoms with Crippen LogP contribution >= 0.6 is 0 Å². The van der Waals surface area contributed by atoms with Gasteiger partial charge in [0.25, 0.3) is 0 Å². The molecule has 1 aromatic rings. The van der Waals surface area contributed by atoms with Crippen molar-refractivity contribution in [2.75, 3.05) is 5.32 Å². The molecule has 0 aliphatic carbocycles. The quantitative estimate of drug-likeness (QED) is 0.778. The third-order valence-electron chi connectivity index (χ3n) is 2.91. The first kappa shape index (κ1) is 17.6. The van der Waals surface area contributed by atoms with Crippen LogP contribution in [0.25, 0.3) is 0 Å². The molecule has 0 saturated heterocycles. The lowest BCUT2D eigenvalue weighted by Gasteiger charge is -2.24. The summed E-state index contributed by atoms with van der Waals surface area (Å²) in [6.45, 7) is 2.94. The molecule has 0 aliphatic heterocycles. The van der Waals surface area contributed by atoms with Crippen LogP contribution < -0.4 is 15.4 Å². The molecule has 0 radical (unpaired) electrons. The number of alkyl halides is 3. The van der Waals surface area contributed by atoms with Crippen LogP contribution in [-0.4, -0.2) is 29.0 Å². The van der Waals surface area contributed by atoms with Crippen LogP contribution in [0, 0.1) is 0 Å². The van der Waals surface area contributed by atoms with E-state index in [1.807, 2.05) is 0 Å². The monoisotopic (exact) mass is 320 g/mol. The van der Waals surface area contributed by atoms with E-state index in [4.69, 9.17) is 5.11 Å². The van der Waals surface area contributed by atoms with Gasteiger partial charge in [-0.25, -0.2) is 9.59 Å².